The van der Waals surface area contributed by atoms with E-state index in [1.54, 1.807) is 9.79 Å². The third kappa shape index (κ3) is 1.75. The summed E-state index contributed by atoms with van der Waals surface area (Å²) in [6.45, 7) is 6.96. The van der Waals surface area contributed by atoms with Gasteiger partial charge in [-0.25, -0.2) is 0 Å². The molecule has 0 saturated heterocycles. The molecule has 0 amide bonds. The normalized spacial score (nSPS) is 17.7. The highest BCUT2D eigenvalue weighted by atomic mass is 32.3. The van der Waals surface area contributed by atoms with Gasteiger partial charge in [0.25, 0.3) is 0 Å². The zero-order valence-corrected chi connectivity index (χ0v) is 13.3. The molecule has 0 saturated carbocycles. The van der Waals surface area contributed by atoms with Crippen molar-refractivity contribution in [3.8, 4) is 11.1 Å². The Kier molecular flexibility index (Phi) is 2.62. The molecule has 2 aromatic rings. The first-order valence-electron chi connectivity index (χ1n) is 6.80. The third-order valence-electron chi connectivity index (χ3n) is 4.06. The van der Waals surface area contributed by atoms with Gasteiger partial charge in [-0.1, -0.05) is 57.2 Å². The average Bonchev–Trinajstić information content (AvgIpc) is 2.59. The first kappa shape index (κ1) is 12.8. The molecule has 19 heavy (non-hydrogen) atoms. The standard InChI is InChI=1S/C18H22S/c1-18(2,3)15-11-8-10-14-13-9-6-7-12-16(13)19(4,5)17(14)15/h6-12H,1-5H3. The van der Waals surface area contributed by atoms with Crippen LogP contribution >= 0.6 is 10.0 Å². The SMILES string of the molecule is CC(C)(C)c1cccc2c1S(C)(C)c1ccccc1-2. The molecule has 0 unspecified atom stereocenters. The molecule has 100 valence electrons. The lowest BCUT2D eigenvalue weighted by molar-refractivity contribution is 0.578. The van der Waals surface area contributed by atoms with Gasteiger partial charge in [-0.15, -0.1) is 0 Å². The second-order valence-corrected chi connectivity index (χ2v) is 10.3. The van der Waals surface area contributed by atoms with Crippen molar-refractivity contribution in [2.24, 2.45) is 0 Å². The predicted octanol–water partition coefficient (Wildman–Crippen LogP) is 5.45. The van der Waals surface area contributed by atoms with Crippen LogP contribution < -0.4 is 0 Å². The highest BCUT2D eigenvalue weighted by Crippen LogP contribution is 2.68. The minimum absolute atomic E-state index is 0.206. The smallest absolute Gasteiger partial charge is 0.00529 e. The molecule has 0 N–H and O–H groups in total. The minimum Gasteiger partial charge on any atom is -0.192 e. The van der Waals surface area contributed by atoms with Gasteiger partial charge in [0.1, 0.15) is 0 Å². The highest BCUT2D eigenvalue weighted by Gasteiger charge is 2.35. The van der Waals surface area contributed by atoms with E-state index in [-0.39, 0.29) is 5.41 Å². The lowest BCUT2D eigenvalue weighted by Crippen LogP contribution is -2.14. The molecule has 0 radical (unpaired) electrons. The van der Waals surface area contributed by atoms with Gasteiger partial charge >= 0.3 is 0 Å². The van der Waals surface area contributed by atoms with E-state index in [2.05, 4.69) is 75.7 Å². The summed E-state index contributed by atoms with van der Waals surface area (Å²) in [7, 11) is -0.879. The molecule has 0 aliphatic carbocycles. The van der Waals surface area contributed by atoms with E-state index in [0.717, 1.165) is 0 Å². The van der Waals surface area contributed by atoms with Crippen molar-refractivity contribution in [3.05, 3.63) is 48.0 Å². The second-order valence-electron chi connectivity index (χ2n) is 6.76. The second kappa shape index (κ2) is 3.89. The average molecular weight is 270 g/mol. The molecule has 0 atom stereocenters. The Morgan fingerprint density at radius 1 is 0.789 bits per heavy atom. The highest BCUT2D eigenvalue weighted by molar-refractivity contribution is 8.33. The van der Waals surface area contributed by atoms with Crippen molar-refractivity contribution in [3.63, 3.8) is 0 Å². The van der Waals surface area contributed by atoms with E-state index in [9.17, 15) is 0 Å². The van der Waals surface area contributed by atoms with Gasteiger partial charge in [0.05, 0.1) is 0 Å². The number of hydrogen-bond acceptors (Lipinski definition) is 0. The van der Waals surface area contributed by atoms with Crippen molar-refractivity contribution in [2.75, 3.05) is 12.5 Å². The predicted molar refractivity (Wildman–Crippen MR) is 86.5 cm³/mol. The summed E-state index contributed by atoms with van der Waals surface area (Å²) in [5.74, 6) is 0. The van der Waals surface area contributed by atoms with Crippen molar-refractivity contribution < 1.29 is 0 Å². The monoisotopic (exact) mass is 270 g/mol. The summed E-state index contributed by atoms with van der Waals surface area (Å²) in [5, 5.41) is 0. The maximum atomic E-state index is 2.44. The summed E-state index contributed by atoms with van der Waals surface area (Å²) in [4.78, 5) is 3.14. The third-order valence-corrected chi connectivity index (χ3v) is 6.98. The van der Waals surface area contributed by atoms with Gasteiger partial charge in [0.15, 0.2) is 0 Å². The molecular formula is C18H22S. The summed E-state index contributed by atoms with van der Waals surface area (Å²) in [6, 6.07) is 15.8. The zero-order chi connectivity index (χ0) is 13.8. The summed E-state index contributed by atoms with van der Waals surface area (Å²) in [6.07, 6.45) is 4.87. The molecule has 0 nitrogen and oxygen atoms in total. The summed E-state index contributed by atoms with van der Waals surface area (Å²) < 4.78 is 0. The fourth-order valence-corrected chi connectivity index (χ4v) is 6.15. The molecule has 1 heteroatoms. The van der Waals surface area contributed by atoms with Gasteiger partial charge in [-0.2, -0.15) is 10.0 Å². The van der Waals surface area contributed by atoms with E-state index in [4.69, 9.17) is 0 Å². The van der Waals surface area contributed by atoms with Crippen LogP contribution in [0.3, 0.4) is 0 Å². The molecule has 0 aromatic heterocycles. The summed E-state index contributed by atoms with van der Waals surface area (Å²) >= 11 is 0. The Morgan fingerprint density at radius 2 is 1.42 bits per heavy atom. The van der Waals surface area contributed by atoms with Crippen LogP contribution in [-0.2, 0) is 5.41 Å². The fourth-order valence-electron chi connectivity index (χ4n) is 3.13. The zero-order valence-electron chi connectivity index (χ0n) is 12.4. The minimum atomic E-state index is -0.879. The Bertz CT molecular complexity index is 645. The van der Waals surface area contributed by atoms with Gasteiger partial charge in [0.2, 0.25) is 0 Å². The Hall–Kier alpha value is -1.21. The van der Waals surface area contributed by atoms with Crippen LogP contribution in [0.1, 0.15) is 26.3 Å². The maximum absolute atomic E-state index is 2.44. The number of fused-ring (bicyclic) bond motifs is 3. The topological polar surface area (TPSA) is 0 Å². The molecule has 3 rings (SSSR count). The van der Waals surface area contributed by atoms with Crippen molar-refractivity contribution in [2.45, 2.75) is 36.0 Å². The molecule has 1 heterocycles. The van der Waals surface area contributed by atoms with E-state index < -0.39 is 10.0 Å². The van der Waals surface area contributed by atoms with Gasteiger partial charge in [-0.3, -0.25) is 0 Å². The van der Waals surface area contributed by atoms with Crippen LogP contribution in [0.2, 0.25) is 0 Å². The largest absolute Gasteiger partial charge is 0.192 e. The van der Waals surface area contributed by atoms with E-state index in [1.807, 2.05) is 0 Å². The molecule has 0 fully saturated rings. The van der Waals surface area contributed by atoms with Crippen LogP contribution in [0.15, 0.2) is 52.3 Å². The first-order valence-corrected chi connectivity index (χ1v) is 9.25. The Balaban J connectivity index is 2.39. The van der Waals surface area contributed by atoms with E-state index in [1.165, 1.54) is 16.7 Å². The van der Waals surface area contributed by atoms with Crippen molar-refractivity contribution in [1.29, 1.82) is 0 Å². The van der Waals surface area contributed by atoms with Crippen LogP contribution in [0.4, 0.5) is 0 Å². The maximum Gasteiger partial charge on any atom is 0.00529 e. The van der Waals surface area contributed by atoms with Gasteiger partial charge in [-0.05, 0) is 40.7 Å². The fraction of sp³-hybridized carbons (Fsp3) is 0.333. The number of rotatable bonds is 0. The van der Waals surface area contributed by atoms with Crippen LogP contribution in [0.5, 0.6) is 0 Å². The first-order chi connectivity index (χ1) is 8.83. The van der Waals surface area contributed by atoms with Crippen LogP contribution in [0.25, 0.3) is 11.1 Å². The Morgan fingerprint density at radius 3 is 2.11 bits per heavy atom. The van der Waals surface area contributed by atoms with Gasteiger partial charge in [0, 0.05) is 9.79 Å². The van der Waals surface area contributed by atoms with Gasteiger partial charge < -0.3 is 0 Å². The number of hydrogen-bond donors (Lipinski definition) is 0. The Labute approximate surface area is 118 Å². The molecule has 0 bridgehead atoms. The molecule has 2 aromatic carbocycles. The lowest BCUT2D eigenvalue weighted by atomic mass is 9.85. The van der Waals surface area contributed by atoms with Crippen LogP contribution in [0, 0.1) is 0 Å². The van der Waals surface area contributed by atoms with E-state index >= 15 is 0 Å². The molecule has 0 spiro atoms. The molecular weight excluding hydrogens is 248 g/mol. The molecule has 1 aliphatic heterocycles. The summed E-state index contributed by atoms with van der Waals surface area (Å²) in [5.41, 5.74) is 4.63. The van der Waals surface area contributed by atoms with Crippen molar-refractivity contribution >= 4 is 10.0 Å². The number of benzene rings is 2. The van der Waals surface area contributed by atoms with Crippen molar-refractivity contribution in [1.82, 2.24) is 0 Å². The lowest BCUT2D eigenvalue weighted by Gasteiger charge is -2.34. The molecule has 1 aliphatic rings. The van der Waals surface area contributed by atoms with Crippen LogP contribution in [-0.4, -0.2) is 12.5 Å². The quantitative estimate of drug-likeness (QED) is 0.597. The van der Waals surface area contributed by atoms with E-state index in [0.29, 0.717) is 0 Å².